The van der Waals surface area contributed by atoms with Gasteiger partial charge in [-0.3, -0.25) is 9.59 Å². The molecule has 1 aromatic heterocycles. The van der Waals surface area contributed by atoms with Gasteiger partial charge in [0.05, 0.1) is 6.26 Å². The lowest BCUT2D eigenvalue weighted by molar-refractivity contribution is -0.155. The fourth-order valence-corrected chi connectivity index (χ4v) is 4.16. The molecule has 1 aromatic carbocycles. The monoisotopic (exact) mass is 410 g/mol. The first-order valence-electron chi connectivity index (χ1n) is 8.23. The van der Waals surface area contributed by atoms with Crippen LogP contribution in [0.25, 0.3) is 0 Å². The molecule has 0 spiro atoms. The van der Waals surface area contributed by atoms with E-state index in [9.17, 15) is 23.2 Å². The Labute approximate surface area is 163 Å². The number of thioether (sulfide) groups is 1. The van der Waals surface area contributed by atoms with E-state index in [4.69, 9.17) is 9.15 Å². The molecule has 0 unspecified atom stereocenters. The van der Waals surface area contributed by atoms with E-state index in [-0.39, 0.29) is 11.7 Å². The number of amides is 2. The van der Waals surface area contributed by atoms with Crippen molar-refractivity contribution in [3.05, 3.63) is 54.0 Å². The van der Waals surface area contributed by atoms with Crippen molar-refractivity contribution in [1.29, 1.82) is 0 Å². The Morgan fingerprint density at radius 1 is 1.25 bits per heavy atom. The molecule has 148 valence electrons. The molecule has 1 saturated heterocycles. The van der Waals surface area contributed by atoms with Gasteiger partial charge in [0.2, 0.25) is 5.91 Å². The number of anilines is 1. The molecule has 0 saturated carbocycles. The Balaban J connectivity index is 1.61. The maximum Gasteiger partial charge on any atom is 0.330 e. The van der Waals surface area contributed by atoms with Gasteiger partial charge < -0.3 is 19.4 Å². The Hall–Kier alpha value is -2.88. The lowest BCUT2D eigenvalue weighted by Gasteiger charge is -2.25. The fourth-order valence-electron chi connectivity index (χ4n) is 2.75. The van der Waals surface area contributed by atoms with E-state index in [2.05, 4.69) is 0 Å². The van der Waals surface area contributed by atoms with Crippen molar-refractivity contribution in [3.8, 4) is 0 Å². The molecule has 2 atom stereocenters. The zero-order valence-corrected chi connectivity index (χ0v) is 15.5. The second-order valence-corrected chi connectivity index (χ2v) is 7.01. The van der Waals surface area contributed by atoms with Crippen LogP contribution in [0.3, 0.4) is 0 Å². The summed E-state index contributed by atoms with van der Waals surface area (Å²) < 4.78 is 37.4. The molecule has 0 aliphatic carbocycles. The Kier molecular flexibility index (Phi) is 5.98. The van der Waals surface area contributed by atoms with E-state index in [0.29, 0.717) is 5.76 Å². The number of nitrogens with one attached hydrogen (secondary N) is 1. The lowest BCUT2D eigenvalue weighted by Crippen LogP contribution is -2.43. The average molecular weight is 410 g/mol. The highest BCUT2D eigenvalue weighted by molar-refractivity contribution is 7.99. The molecule has 1 aliphatic heterocycles. The lowest BCUT2D eigenvalue weighted by atomic mass is 10.2. The van der Waals surface area contributed by atoms with Gasteiger partial charge >= 0.3 is 5.97 Å². The fraction of sp³-hybridized carbons (Fsp3) is 0.278. The van der Waals surface area contributed by atoms with Crippen LogP contribution in [0.15, 0.2) is 41.0 Å². The zero-order valence-electron chi connectivity index (χ0n) is 14.7. The smallest absolute Gasteiger partial charge is 0.330 e. The molecule has 7 nitrogen and oxygen atoms in total. The first-order valence-corrected chi connectivity index (χ1v) is 9.27. The maximum absolute atomic E-state index is 13.6. The minimum Gasteiger partial charge on any atom is -0.466 e. The molecule has 3 rings (SSSR count). The third-order valence-electron chi connectivity index (χ3n) is 4.00. The summed E-state index contributed by atoms with van der Waals surface area (Å²) in [4.78, 5) is 37.6. The van der Waals surface area contributed by atoms with Gasteiger partial charge in [-0.05, 0) is 24.3 Å². The summed E-state index contributed by atoms with van der Waals surface area (Å²) >= 11 is 1.32. The van der Waals surface area contributed by atoms with Crippen molar-refractivity contribution >= 4 is 35.2 Å². The van der Waals surface area contributed by atoms with Gasteiger partial charge in [0.1, 0.15) is 34.5 Å². The highest BCUT2D eigenvalue weighted by Gasteiger charge is 2.43. The standard InChI is InChI=1S/C18H16F2N2O5S/c1-10(23)22-13(9-28-17(22)14-6-3-7-26-14)18(25)27-8-15(24)21-16-11(19)4-2-5-12(16)20/h2-7,13,17H,8-9H2,1H3,(H,21,24)/t13-,17-/m1/s1. The topological polar surface area (TPSA) is 88.8 Å². The van der Waals surface area contributed by atoms with Crippen LogP contribution in [-0.2, 0) is 19.1 Å². The van der Waals surface area contributed by atoms with Gasteiger partial charge in [0.15, 0.2) is 6.61 Å². The highest BCUT2D eigenvalue weighted by atomic mass is 32.2. The summed E-state index contributed by atoms with van der Waals surface area (Å²) in [5.74, 6) is -3.17. The second kappa shape index (κ2) is 8.42. The summed E-state index contributed by atoms with van der Waals surface area (Å²) in [5.41, 5.74) is -0.622. The zero-order chi connectivity index (χ0) is 20.3. The van der Waals surface area contributed by atoms with Gasteiger partial charge in [0.25, 0.3) is 5.91 Å². The maximum atomic E-state index is 13.6. The highest BCUT2D eigenvalue weighted by Crippen LogP contribution is 2.41. The molecule has 2 amide bonds. The van der Waals surface area contributed by atoms with Gasteiger partial charge in [-0.15, -0.1) is 11.8 Å². The van der Waals surface area contributed by atoms with Crippen LogP contribution >= 0.6 is 11.8 Å². The van der Waals surface area contributed by atoms with Crippen LogP contribution in [0.4, 0.5) is 14.5 Å². The summed E-state index contributed by atoms with van der Waals surface area (Å²) in [6, 6.07) is 5.59. The first kappa shape index (κ1) is 19.9. The molecule has 1 fully saturated rings. The second-order valence-electron chi connectivity index (χ2n) is 5.90. The number of hydrogen-bond donors (Lipinski definition) is 1. The number of ether oxygens (including phenoxy) is 1. The minimum atomic E-state index is -0.948. The molecule has 28 heavy (non-hydrogen) atoms. The first-order chi connectivity index (χ1) is 13.4. The number of carbonyl (C=O) groups is 3. The number of rotatable bonds is 5. The number of nitrogens with zero attached hydrogens (tertiary/aromatic N) is 1. The van der Waals surface area contributed by atoms with Gasteiger partial charge in [-0.25, -0.2) is 13.6 Å². The largest absolute Gasteiger partial charge is 0.466 e. The molecule has 2 heterocycles. The molecule has 0 radical (unpaired) electrons. The van der Waals surface area contributed by atoms with Crippen molar-refractivity contribution < 1.29 is 32.3 Å². The predicted octanol–water partition coefficient (Wildman–Crippen LogP) is 2.70. The van der Waals surface area contributed by atoms with Crippen LogP contribution in [0.1, 0.15) is 18.1 Å². The minimum absolute atomic E-state index is 0.257. The van der Waals surface area contributed by atoms with E-state index in [0.717, 1.165) is 18.2 Å². The molecular weight excluding hydrogens is 394 g/mol. The van der Waals surface area contributed by atoms with E-state index < -0.39 is 47.2 Å². The number of carbonyl (C=O) groups excluding carboxylic acids is 3. The Morgan fingerprint density at radius 3 is 2.57 bits per heavy atom. The van der Waals surface area contributed by atoms with Gasteiger partial charge in [0, 0.05) is 12.7 Å². The van der Waals surface area contributed by atoms with Crippen LogP contribution in [0.5, 0.6) is 0 Å². The number of halogens is 2. The molecule has 10 heteroatoms. The van der Waals surface area contributed by atoms with Crippen LogP contribution in [0, 0.1) is 11.6 Å². The van der Waals surface area contributed by atoms with E-state index in [1.54, 1.807) is 12.1 Å². The Bertz CT molecular complexity index is 870. The predicted molar refractivity (Wildman–Crippen MR) is 96.2 cm³/mol. The van der Waals surface area contributed by atoms with Crippen molar-refractivity contribution in [3.63, 3.8) is 0 Å². The number of hydrogen-bond acceptors (Lipinski definition) is 6. The number of benzene rings is 1. The van der Waals surface area contributed by atoms with Crippen molar-refractivity contribution in [2.45, 2.75) is 18.3 Å². The number of para-hydroxylation sites is 1. The van der Waals surface area contributed by atoms with Gasteiger partial charge in [-0.1, -0.05) is 6.07 Å². The van der Waals surface area contributed by atoms with Crippen LogP contribution in [0.2, 0.25) is 0 Å². The Morgan fingerprint density at radius 2 is 1.96 bits per heavy atom. The van der Waals surface area contributed by atoms with Crippen molar-refractivity contribution in [1.82, 2.24) is 4.90 Å². The number of furan rings is 1. The van der Waals surface area contributed by atoms with Crippen molar-refractivity contribution in [2.24, 2.45) is 0 Å². The SMILES string of the molecule is CC(=O)N1[C@@H](C(=O)OCC(=O)Nc2c(F)cccc2F)CS[C@@H]1c1ccco1. The molecular formula is C18H16F2N2O5S. The van der Waals surface area contributed by atoms with E-state index >= 15 is 0 Å². The molecule has 2 aromatic rings. The van der Waals surface area contributed by atoms with Crippen LogP contribution < -0.4 is 5.32 Å². The summed E-state index contributed by atoms with van der Waals surface area (Å²) in [6.07, 6.45) is 1.46. The average Bonchev–Trinajstić information content (AvgIpc) is 3.31. The molecule has 0 bridgehead atoms. The quantitative estimate of drug-likeness (QED) is 0.763. The van der Waals surface area contributed by atoms with Crippen molar-refractivity contribution in [2.75, 3.05) is 17.7 Å². The number of esters is 1. The third-order valence-corrected chi connectivity index (χ3v) is 5.28. The molecule has 1 aliphatic rings. The molecule has 1 N–H and O–H groups in total. The third kappa shape index (κ3) is 4.16. The van der Waals surface area contributed by atoms with E-state index in [1.807, 2.05) is 5.32 Å². The summed E-state index contributed by atoms with van der Waals surface area (Å²) in [7, 11) is 0. The summed E-state index contributed by atoms with van der Waals surface area (Å²) in [6.45, 7) is 0.570. The van der Waals surface area contributed by atoms with E-state index in [1.165, 1.54) is 29.8 Å². The van der Waals surface area contributed by atoms with Crippen LogP contribution in [-0.4, -0.2) is 41.1 Å². The normalized spacial score (nSPS) is 18.8. The van der Waals surface area contributed by atoms with Gasteiger partial charge in [-0.2, -0.15) is 0 Å². The summed E-state index contributed by atoms with van der Waals surface area (Å²) in [5, 5.41) is 1.54.